The normalized spacial score (nSPS) is 17.5. The topological polar surface area (TPSA) is 89.0 Å². The maximum Gasteiger partial charge on any atom is 0.300 e. The van der Waals surface area contributed by atoms with Crippen LogP contribution in [0.4, 0.5) is 5.69 Å². The van der Waals surface area contributed by atoms with Gasteiger partial charge in [-0.1, -0.05) is 24.3 Å². The van der Waals surface area contributed by atoms with Crippen LogP contribution < -0.4 is 14.4 Å². The van der Waals surface area contributed by atoms with Crippen LogP contribution in [0, 0.1) is 0 Å². The Morgan fingerprint density at radius 2 is 1.76 bits per heavy atom. The first-order chi connectivity index (χ1) is 15.9. The van der Waals surface area contributed by atoms with Crippen molar-refractivity contribution in [3.05, 3.63) is 89.8 Å². The number of rotatable bonds is 6. The van der Waals surface area contributed by atoms with E-state index in [9.17, 15) is 14.7 Å². The summed E-state index contributed by atoms with van der Waals surface area (Å²) in [5, 5.41) is 11.2. The number of nitrogens with zero attached hydrogens (tertiary/aromatic N) is 2. The molecule has 33 heavy (non-hydrogen) atoms. The van der Waals surface area contributed by atoms with Crippen molar-refractivity contribution in [2.24, 2.45) is 0 Å². The molecule has 0 spiro atoms. The molecule has 1 aliphatic rings. The second-order valence-electron chi connectivity index (χ2n) is 7.82. The molecule has 168 valence electrons. The molecule has 7 heteroatoms. The molecule has 4 rings (SSSR count). The lowest BCUT2D eigenvalue weighted by Gasteiger charge is -2.25. The van der Waals surface area contributed by atoms with Gasteiger partial charge in [0, 0.05) is 23.5 Å². The number of ketones is 1. The molecule has 1 fully saturated rings. The molecule has 1 amide bonds. The van der Waals surface area contributed by atoms with Crippen molar-refractivity contribution >= 4 is 23.1 Å². The van der Waals surface area contributed by atoms with Crippen molar-refractivity contribution < 1.29 is 24.2 Å². The average Bonchev–Trinajstić information content (AvgIpc) is 3.09. The average molecular weight is 444 g/mol. The highest BCUT2D eigenvalue weighted by Gasteiger charge is 2.47. The number of anilines is 1. The summed E-state index contributed by atoms with van der Waals surface area (Å²) in [6.45, 7) is 3.79. The van der Waals surface area contributed by atoms with E-state index in [0.29, 0.717) is 28.4 Å². The van der Waals surface area contributed by atoms with Gasteiger partial charge in [-0.25, -0.2) is 0 Å². The van der Waals surface area contributed by atoms with Crippen LogP contribution in [-0.2, 0) is 9.59 Å². The van der Waals surface area contributed by atoms with E-state index in [1.54, 1.807) is 72.9 Å². The molecule has 3 aromatic rings. The summed E-state index contributed by atoms with van der Waals surface area (Å²) in [5.74, 6) is -0.752. The molecular weight excluding hydrogens is 420 g/mol. The maximum atomic E-state index is 13.2. The molecule has 1 unspecified atom stereocenters. The zero-order chi connectivity index (χ0) is 23.5. The third-order valence-electron chi connectivity index (χ3n) is 5.22. The van der Waals surface area contributed by atoms with E-state index in [-0.39, 0.29) is 17.4 Å². The van der Waals surface area contributed by atoms with Crippen molar-refractivity contribution in [2.45, 2.75) is 26.0 Å². The number of aromatic nitrogens is 1. The van der Waals surface area contributed by atoms with Crippen molar-refractivity contribution in [1.82, 2.24) is 4.98 Å². The van der Waals surface area contributed by atoms with Gasteiger partial charge in [0.15, 0.2) is 0 Å². The van der Waals surface area contributed by atoms with Gasteiger partial charge in [0.2, 0.25) is 0 Å². The highest BCUT2D eigenvalue weighted by Crippen LogP contribution is 2.42. The van der Waals surface area contributed by atoms with Crippen LogP contribution in [0.1, 0.15) is 31.1 Å². The predicted molar refractivity (Wildman–Crippen MR) is 124 cm³/mol. The molecular formula is C26H24N2O5. The summed E-state index contributed by atoms with van der Waals surface area (Å²) in [6, 6.07) is 18.0. The van der Waals surface area contributed by atoms with Crippen molar-refractivity contribution in [3.8, 4) is 11.5 Å². The van der Waals surface area contributed by atoms with Gasteiger partial charge in [0.1, 0.15) is 23.3 Å². The van der Waals surface area contributed by atoms with E-state index < -0.39 is 17.7 Å². The number of benzene rings is 2. The Bertz CT molecular complexity index is 1220. The molecule has 0 saturated carbocycles. The fourth-order valence-corrected chi connectivity index (χ4v) is 3.82. The van der Waals surface area contributed by atoms with Gasteiger partial charge >= 0.3 is 0 Å². The largest absolute Gasteiger partial charge is 0.507 e. The van der Waals surface area contributed by atoms with E-state index in [1.165, 1.54) is 12.0 Å². The number of carbonyl (C=O) groups is 2. The van der Waals surface area contributed by atoms with Crippen molar-refractivity contribution in [3.63, 3.8) is 0 Å². The monoisotopic (exact) mass is 444 g/mol. The molecule has 1 aliphatic heterocycles. The third-order valence-corrected chi connectivity index (χ3v) is 5.22. The Balaban J connectivity index is 1.89. The Labute approximate surface area is 191 Å². The van der Waals surface area contributed by atoms with E-state index in [4.69, 9.17) is 9.47 Å². The Morgan fingerprint density at radius 1 is 1.00 bits per heavy atom. The van der Waals surface area contributed by atoms with Crippen LogP contribution in [0.25, 0.3) is 5.76 Å². The van der Waals surface area contributed by atoms with Crippen LogP contribution in [-0.4, -0.2) is 35.0 Å². The van der Waals surface area contributed by atoms with E-state index >= 15 is 0 Å². The smallest absolute Gasteiger partial charge is 0.300 e. The van der Waals surface area contributed by atoms with E-state index in [1.807, 2.05) is 13.8 Å². The summed E-state index contributed by atoms with van der Waals surface area (Å²) in [5.41, 5.74) is 1.25. The summed E-state index contributed by atoms with van der Waals surface area (Å²) in [7, 11) is 1.52. The standard InChI is InChI=1S/C26H24N2O5/c1-16(2)33-20-11-6-8-17(14-20)24(29)22-23(21-12-4-5-13-27-21)28(26(31)25(22)30)18-9-7-10-19(15-18)32-3/h4-16,23,29H,1-3H3/b24-22+. The van der Waals surface area contributed by atoms with Crippen LogP contribution in [0.15, 0.2) is 78.5 Å². The van der Waals surface area contributed by atoms with Gasteiger partial charge in [0.25, 0.3) is 11.7 Å². The van der Waals surface area contributed by atoms with Crippen LogP contribution in [0.2, 0.25) is 0 Å². The number of aliphatic hydroxyl groups excluding tert-OH is 1. The van der Waals surface area contributed by atoms with E-state index in [0.717, 1.165) is 0 Å². The number of methoxy groups -OCH3 is 1. The first-order valence-corrected chi connectivity index (χ1v) is 10.5. The number of Topliss-reactive ketones (excluding diaryl/α,β-unsaturated/α-hetero) is 1. The number of amides is 1. The summed E-state index contributed by atoms with van der Waals surface area (Å²) in [6.07, 6.45) is 1.52. The summed E-state index contributed by atoms with van der Waals surface area (Å²) >= 11 is 0. The van der Waals surface area contributed by atoms with Gasteiger partial charge in [-0.2, -0.15) is 0 Å². The molecule has 2 heterocycles. The van der Waals surface area contributed by atoms with Crippen LogP contribution in [0.3, 0.4) is 0 Å². The number of hydrogen-bond donors (Lipinski definition) is 1. The molecule has 0 radical (unpaired) electrons. The van der Waals surface area contributed by atoms with Crippen LogP contribution >= 0.6 is 0 Å². The summed E-state index contributed by atoms with van der Waals surface area (Å²) in [4.78, 5) is 32.1. The lowest BCUT2D eigenvalue weighted by molar-refractivity contribution is -0.132. The molecule has 1 N–H and O–H groups in total. The molecule has 0 bridgehead atoms. The minimum absolute atomic E-state index is 0.0387. The van der Waals surface area contributed by atoms with E-state index in [2.05, 4.69) is 4.98 Å². The molecule has 0 aliphatic carbocycles. The minimum atomic E-state index is -0.909. The number of aliphatic hydroxyl groups is 1. The van der Waals surface area contributed by atoms with Crippen molar-refractivity contribution in [1.29, 1.82) is 0 Å². The minimum Gasteiger partial charge on any atom is -0.507 e. The predicted octanol–water partition coefficient (Wildman–Crippen LogP) is 4.50. The molecule has 1 atom stereocenters. The zero-order valence-electron chi connectivity index (χ0n) is 18.6. The van der Waals surface area contributed by atoms with Crippen LogP contribution in [0.5, 0.6) is 11.5 Å². The lowest BCUT2D eigenvalue weighted by Crippen LogP contribution is -2.29. The van der Waals surface area contributed by atoms with Gasteiger partial charge in [-0.15, -0.1) is 0 Å². The quantitative estimate of drug-likeness (QED) is 0.342. The zero-order valence-corrected chi connectivity index (χ0v) is 18.6. The third kappa shape index (κ3) is 4.30. The van der Waals surface area contributed by atoms with Gasteiger partial charge in [-0.05, 0) is 50.2 Å². The molecule has 1 aromatic heterocycles. The summed E-state index contributed by atoms with van der Waals surface area (Å²) < 4.78 is 11.0. The first kappa shape index (κ1) is 22.1. The van der Waals surface area contributed by atoms with Gasteiger partial charge in [0.05, 0.1) is 24.5 Å². The number of pyridine rings is 1. The fourth-order valence-electron chi connectivity index (χ4n) is 3.82. The Kier molecular flexibility index (Phi) is 6.13. The van der Waals surface area contributed by atoms with Crippen molar-refractivity contribution in [2.75, 3.05) is 12.0 Å². The highest BCUT2D eigenvalue weighted by atomic mass is 16.5. The van der Waals surface area contributed by atoms with Gasteiger partial charge in [-0.3, -0.25) is 19.5 Å². The lowest BCUT2D eigenvalue weighted by atomic mass is 9.98. The molecule has 1 saturated heterocycles. The first-order valence-electron chi connectivity index (χ1n) is 10.5. The number of hydrogen-bond acceptors (Lipinski definition) is 6. The number of ether oxygens (including phenoxy) is 2. The second kappa shape index (κ2) is 9.16. The Morgan fingerprint density at radius 3 is 2.45 bits per heavy atom. The fraction of sp³-hybridized carbons (Fsp3) is 0.192. The molecule has 2 aromatic carbocycles. The van der Waals surface area contributed by atoms with Gasteiger partial charge < -0.3 is 14.6 Å². The molecule has 7 nitrogen and oxygen atoms in total. The highest BCUT2D eigenvalue weighted by molar-refractivity contribution is 6.51. The number of carbonyl (C=O) groups excluding carboxylic acids is 2. The maximum absolute atomic E-state index is 13.2. The Hall–Kier alpha value is -4.13. The SMILES string of the molecule is COc1cccc(N2C(=O)C(=O)/C(=C(/O)c3cccc(OC(C)C)c3)C2c2ccccn2)c1. The second-order valence-corrected chi connectivity index (χ2v) is 7.82.